The molecule has 0 aliphatic carbocycles. The topological polar surface area (TPSA) is 17.1 Å². The van der Waals surface area contributed by atoms with E-state index in [1.54, 1.807) is 0 Å². The minimum atomic E-state index is 0. The Balaban J connectivity index is -0.000000000833. The van der Waals surface area contributed by atoms with Crippen molar-refractivity contribution >= 4 is 62.8 Å². The Morgan fingerprint density at radius 3 is 1.50 bits per heavy atom. The van der Waals surface area contributed by atoms with Gasteiger partial charge in [0.15, 0.2) is 17.4 Å². The zero-order valence-electron chi connectivity index (χ0n) is 3.69. The van der Waals surface area contributed by atoms with Gasteiger partial charge in [0.2, 0.25) is 0 Å². The van der Waals surface area contributed by atoms with E-state index >= 15 is 0 Å². The average molecular weight is 98.9 g/mol. The monoisotopic (exact) mass is 99.0 g/mol. The van der Waals surface area contributed by atoms with Gasteiger partial charge in [-0.2, -0.15) is 0 Å². The summed E-state index contributed by atoms with van der Waals surface area (Å²) in [7, 11) is 3.25. The second-order valence-electron chi connectivity index (χ2n) is 0. The summed E-state index contributed by atoms with van der Waals surface area (Å²) in [6.45, 7) is 0. The normalized spacial score (nSPS) is 0.750. The number of rotatable bonds is 0. The summed E-state index contributed by atoms with van der Waals surface area (Å²) in [5.74, 6) is 0. The molecule has 1 nitrogen and oxygen atoms in total. The van der Waals surface area contributed by atoms with Gasteiger partial charge in [-0.3, -0.25) is 0 Å². The molecule has 0 unspecified atom stereocenters. The molecule has 0 aromatic rings. The molecule has 0 bridgehead atoms. The Bertz CT molecular complexity index is 13.5. The van der Waals surface area contributed by atoms with Gasteiger partial charge in [0.1, 0.15) is 0 Å². The van der Waals surface area contributed by atoms with Gasteiger partial charge >= 0.3 is 50.2 Å². The molecular formula is H5AlBCaO. The first-order valence-corrected chi connectivity index (χ1v) is 0.236. The molecule has 0 saturated carbocycles. The fourth-order valence-corrected chi connectivity index (χ4v) is 0. The third-order valence-electron chi connectivity index (χ3n) is 0. The predicted octanol–water partition coefficient (Wildman–Crippen LogP) is -1.84. The first-order valence-electron chi connectivity index (χ1n) is 0.236. The molecule has 0 amide bonds. The molecule has 1 radical (unpaired) electrons. The molecule has 0 aliphatic rings. The molecule has 0 rings (SSSR count). The molecule has 0 atom stereocenters. The molecular weight excluding hydrogens is 93.9 g/mol. The first-order chi connectivity index (χ1) is 1.00. The van der Waals surface area contributed by atoms with Crippen molar-refractivity contribution in [3.8, 4) is 0 Å². The molecule has 0 aromatic carbocycles. The van der Waals surface area contributed by atoms with E-state index in [-0.39, 0.29) is 58.0 Å². The van der Waals surface area contributed by atoms with Crippen LogP contribution in [0.25, 0.3) is 0 Å². The second-order valence-corrected chi connectivity index (χ2v) is 0. The maximum Gasteiger partial charge on any atom is 2.00 e. The maximum absolute atomic E-state index is 7.75. The van der Waals surface area contributed by atoms with Gasteiger partial charge in [-0.05, 0) is 0 Å². The molecule has 0 aromatic heterocycles. The Hall–Kier alpha value is 1.66. The first kappa shape index (κ1) is 17.4. The van der Waals surface area contributed by atoms with Crippen molar-refractivity contribution in [3.05, 3.63) is 0 Å². The van der Waals surface area contributed by atoms with Crippen molar-refractivity contribution in [2.45, 2.75) is 0 Å². The van der Waals surface area contributed by atoms with Crippen LogP contribution in [0.15, 0.2) is 0 Å². The third-order valence-corrected chi connectivity index (χ3v) is 0. The summed E-state index contributed by atoms with van der Waals surface area (Å²) in [6.07, 6.45) is 0. The molecule has 4 heteroatoms. The van der Waals surface area contributed by atoms with Crippen LogP contribution in [0.4, 0.5) is 0 Å². The quantitative estimate of drug-likeness (QED) is 0.326. The minimum Gasteiger partial charge on any atom is -1.00 e. The van der Waals surface area contributed by atoms with Crippen molar-refractivity contribution in [2.75, 3.05) is 0 Å². The third kappa shape index (κ3) is 9.40. The van der Waals surface area contributed by atoms with E-state index in [1.165, 1.54) is 0 Å². The van der Waals surface area contributed by atoms with E-state index in [4.69, 9.17) is 4.70 Å². The summed E-state index contributed by atoms with van der Waals surface area (Å²) >= 11 is 0. The fourth-order valence-electron chi connectivity index (χ4n) is 0. The van der Waals surface area contributed by atoms with Crippen LogP contribution in [0.5, 0.6) is 0 Å². The summed E-state index contributed by atoms with van der Waals surface area (Å²) in [4.78, 5) is 0. The van der Waals surface area contributed by atoms with Gasteiger partial charge in [0.25, 0.3) is 0 Å². The smallest absolute Gasteiger partial charge is 1.00 e. The van der Waals surface area contributed by atoms with E-state index in [0.29, 0.717) is 0 Å². The Labute approximate surface area is 69.7 Å². The zero-order valence-corrected chi connectivity index (χ0v) is 3.90. The Morgan fingerprint density at radius 2 is 1.50 bits per heavy atom. The van der Waals surface area contributed by atoms with Crippen LogP contribution in [0.3, 0.4) is 0 Å². The molecule has 0 saturated heterocycles. The van der Waals surface area contributed by atoms with Gasteiger partial charge in [0, 0.05) is 0 Å². The van der Waals surface area contributed by atoms with Crippen molar-refractivity contribution in [2.24, 2.45) is 0 Å². The molecule has 0 heterocycles. The van der Waals surface area contributed by atoms with E-state index in [0.717, 1.165) is 0 Å². The SMILES string of the molecule is [AlH3].[B]=O.[Ca+2].[H-].[H-]. The fraction of sp³-hybridized carbons (Fsp3) is 0. The van der Waals surface area contributed by atoms with Crippen LogP contribution in [0.1, 0.15) is 2.85 Å². The largest absolute Gasteiger partial charge is 2.00 e. The van der Waals surface area contributed by atoms with Crippen LogP contribution in [-0.2, 0) is 4.70 Å². The van der Waals surface area contributed by atoms with E-state index in [2.05, 4.69) is 7.72 Å². The van der Waals surface area contributed by atoms with Gasteiger partial charge < -0.3 is 2.85 Å². The van der Waals surface area contributed by atoms with Crippen LogP contribution in [0.2, 0.25) is 0 Å². The summed E-state index contributed by atoms with van der Waals surface area (Å²) in [5.41, 5.74) is 0. The molecule has 19 valence electrons. The predicted molar refractivity (Wildman–Crippen MR) is 24.4 cm³/mol. The maximum atomic E-state index is 7.75. The standard InChI is InChI=1S/Al.BO.Ca.5H/c;1-2;;;;;;/q;;+2;;;;2*-1. The van der Waals surface area contributed by atoms with Gasteiger partial charge in [0.05, 0.1) is 0 Å². The van der Waals surface area contributed by atoms with Crippen LogP contribution >= 0.6 is 0 Å². The van der Waals surface area contributed by atoms with Crippen molar-refractivity contribution in [1.82, 2.24) is 0 Å². The minimum absolute atomic E-state index is 0. The van der Waals surface area contributed by atoms with Crippen molar-refractivity contribution in [1.29, 1.82) is 0 Å². The molecule has 4 heavy (non-hydrogen) atoms. The Morgan fingerprint density at radius 1 is 1.50 bits per heavy atom. The summed E-state index contributed by atoms with van der Waals surface area (Å²) in [5, 5.41) is 0. The number of hydrogen-bond donors (Lipinski definition) is 0. The molecule has 0 N–H and O–H groups in total. The van der Waals surface area contributed by atoms with Crippen LogP contribution < -0.4 is 0 Å². The van der Waals surface area contributed by atoms with Crippen molar-refractivity contribution < 1.29 is 7.56 Å². The summed E-state index contributed by atoms with van der Waals surface area (Å²) < 4.78 is 7.75. The van der Waals surface area contributed by atoms with E-state index < -0.39 is 0 Å². The molecule has 0 spiro atoms. The van der Waals surface area contributed by atoms with Crippen LogP contribution in [-0.4, -0.2) is 62.8 Å². The Kier molecular flexibility index (Phi) is 98.5. The van der Waals surface area contributed by atoms with Gasteiger partial charge in [-0.1, -0.05) is 0 Å². The van der Waals surface area contributed by atoms with Crippen molar-refractivity contribution in [3.63, 3.8) is 0 Å². The second kappa shape index (κ2) is 22.7. The molecule has 0 fully saturated rings. The molecule has 0 aliphatic heterocycles. The van der Waals surface area contributed by atoms with Gasteiger partial charge in [-0.15, -0.1) is 0 Å². The van der Waals surface area contributed by atoms with Gasteiger partial charge in [-0.25, -0.2) is 0 Å². The van der Waals surface area contributed by atoms with E-state index in [9.17, 15) is 0 Å². The summed E-state index contributed by atoms with van der Waals surface area (Å²) in [6, 6.07) is 0. The van der Waals surface area contributed by atoms with E-state index in [1.807, 2.05) is 0 Å². The van der Waals surface area contributed by atoms with Crippen LogP contribution in [0, 0.1) is 0 Å². The number of hydrogen-bond acceptors (Lipinski definition) is 1. The zero-order chi connectivity index (χ0) is 2.00. The average Bonchev–Trinajstić information content (AvgIpc) is 1.00.